The quantitative estimate of drug-likeness (QED) is 0.349. The molecule has 170 valence electrons. The number of ether oxygens (including phenoxy) is 2. The second-order valence-electron chi connectivity index (χ2n) is 7.48. The predicted octanol–water partition coefficient (Wildman–Crippen LogP) is 4.41. The number of aryl methyl sites for hydroxylation is 1. The van der Waals surface area contributed by atoms with Gasteiger partial charge in [-0.2, -0.15) is 0 Å². The fourth-order valence-electron chi connectivity index (χ4n) is 3.40. The molecule has 1 aliphatic rings. The zero-order valence-electron chi connectivity index (χ0n) is 18.3. The number of hydrogen-bond acceptors (Lipinski definition) is 6. The Balaban J connectivity index is 2.09. The molecule has 0 saturated carbocycles. The summed E-state index contributed by atoms with van der Waals surface area (Å²) in [4.78, 5) is 40.8. The maximum absolute atomic E-state index is 13.7. The van der Waals surface area contributed by atoms with Gasteiger partial charge in [0, 0.05) is 32.0 Å². The highest BCUT2D eigenvalue weighted by Crippen LogP contribution is 2.47. The maximum Gasteiger partial charge on any atom is 0.316 e. The Morgan fingerprint density at radius 3 is 2.47 bits per heavy atom. The number of fused-ring (bicyclic) bond motifs is 1. The van der Waals surface area contributed by atoms with Crippen molar-refractivity contribution in [2.75, 3.05) is 32.1 Å². The number of esters is 1. The molecule has 2 aromatic rings. The van der Waals surface area contributed by atoms with Crippen LogP contribution in [0.1, 0.15) is 23.3 Å². The number of carbonyl (C=O) groups is 3. The number of amides is 2. The molecule has 32 heavy (non-hydrogen) atoms. The van der Waals surface area contributed by atoms with Gasteiger partial charge in [0.05, 0.1) is 18.0 Å². The molecule has 2 aromatic carbocycles. The number of benzene rings is 2. The zero-order valence-corrected chi connectivity index (χ0v) is 19.9. The van der Waals surface area contributed by atoms with Crippen LogP contribution in [-0.4, -0.2) is 55.5 Å². The van der Waals surface area contributed by atoms with Crippen molar-refractivity contribution in [3.05, 3.63) is 53.6 Å². The second-order valence-corrected chi connectivity index (χ2v) is 8.98. The SMILES string of the molecule is COc1ccc2c(c1)S[C@H](c1ccc(C)cc1)[C@H](OC(C)=O)C(=O)N2CCN(C)C(=O)Cl. The number of hydrogen-bond donors (Lipinski definition) is 0. The van der Waals surface area contributed by atoms with Gasteiger partial charge in [0.1, 0.15) is 5.75 Å². The van der Waals surface area contributed by atoms with E-state index in [1.54, 1.807) is 31.2 Å². The van der Waals surface area contributed by atoms with Crippen molar-refractivity contribution in [1.29, 1.82) is 0 Å². The molecule has 2 amide bonds. The Kier molecular flexibility index (Phi) is 7.69. The van der Waals surface area contributed by atoms with Crippen molar-refractivity contribution >= 4 is 46.3 Å². The van der Waals surface area contributed by atoms with E-state index in [4.69, 9.17) is 21.1 Å². The average molecular weight is 477 g/mol. The van der Waals surface area contributed by atoms with E-state index in [0.29, 0.717) is 11.4 Å². The van der Waals surface area contributed by atoms with E-state index in [-0.39, 0.29) is 19.0 Å². The van der Waals surface area contributed by atoms with Crippen LogP contribution in [-0.2, 0) is 14.3 Å². The maximum atomic E-state index is 13.7. The summed E-state index contributed by atoms with van der Waals surface area (Å²) in [5.74, 6) is -0.263. The average Bonchev–Trinajstić information content (AvgIpc) is 2.86. The number of halogens is 1. The van der Waals surface area contributed by atoms with Crippen LogP contribution in [0, 0.1) is 6.92 Å². The van der Waals surface area contributed by atoms with Gasteiger partial charge in [-0.3, -0.25) is 14.4 Å². The van der Waals surface area contributed by atoms with Crippen LogP contribution in [0.4, 0.5) is 10.5 Å². The summed E-state index contributed by atoms with van der Waals surface area (Å²) in [7, 11) is 3.13. The molecule has 0 aromatic heterocycles. The number of rotatable bonds is 6. The fraction of sp³-hybridized carbons (Fsp3) is 0.348. The van der Waals surface area contributed by atoms with E-state index in [9.17, 15) is 14.4 Å². The third kappa shape index (κ3) is 5.37. The van der Waals surface area contributed by atoms with E-state index >= 15 is 0 Å². The molecule has 0 bridgehead atoms. The molecular weight excluding hydrogens is 452 g/mol. The smallest absolute Gasteiger partial charge is 0.316 e. The molecule has 0 spiro atoms. The monoisotopic (exact) mass is 476 g/mol. The summed E-state index contributed by atoms with van der Waals surface area (Å²) in [6, 6.07) is 13.2. The number of thioether (sulfide) groups is 1. The Labute approximate surface area is 196 Å². The Morgan fingerprint density at radius 2 is 1.88 bits per heavy atom. The van der Waals surface area contributed by atoms with Crippen LogP contribution >= 0.6 is 23.4 Å². The third-order valence-corrected chi connectivity index (χ3v) is 6.80. The van der Waals surface area contributed by atoms with Crippen LogP contribution < -0.4 is 9.64 Å². The van der Waals surface area contributed by atoms with Gasteiger partial charge in [0.2, 0.25) is 0 Å². The topological polar surface area (TPSA) is 76.2 Å². The minimum absolute atomic E-state index is 0.187. The standard InChI is InChI=1S/C23H25ClN2O5S/c1-14-5-7-16(8-6-14)21-20(31-15(2)27)22(28)26(12-11-25(3)23(24)29)18-10-9-17(30-4)13-19(18)32-21/h5-10,13,20-21H,11-12H2,1-4H3/t20-,21+/m0/s1. The summed E-state index contributed by atoms with van der Waals surface area (Å²) in [6.07, 6.45) is -1.05. The fourth-order valence-corrected chi connectivity index (χ4v) is 4.83. The Morgan fingerprint density at radius 1 is 1.19 bits per heavy atom. The van der Waals surface area contributed by atoms with Crippen LogP contribution in [0.15, 0.2) is 47.4 Å². The number of nitrogens with zero attached hydrogens (tertiary/aromatic N) is 2. The molecule has 0 aliphatic carbocycles. The van der Waals surface area contributed by atoms with Crippen molar-refractivity contribution < 1.29 is 23.9 Å². The molecular formula is C23H25ClN2O5S. The summed E-state index contributed by atoms with van der Waals surface area (Å²) >= 11 is 7.00. The van der Waals surface area contributed by atoms with Crippen molar-refractivity contribution in [3.63, 3.8) is 0 Å². The first kappa shape index (κ1) is 23.9. The minimum atomic E-state index is -1.05. The first-order valence-corrected chi connectivity index (χ1v) is 11.3. The Hall–Kier alpha value is -2.71. The molecule has 1 heterocycles. The van der Waals surface area contributed by atoms with Gasteiger partial charge in [-0.05, 0) is 42.3 Å². The van der Waals surface area contributed by atoms with Gasteiger partial charge in [0.25, 0.3) is 5.91 Å². The zero-order chi connectivity index (χ0) is 23.4. The first-order valence-electron chi connectivity index (χ1n) is 10.0. The number of methoxy groups -OCH3 is 1. The van der Waals surface area contributed by atoms with Crippen molar-refractivity contribution in [1.82, 2.24) is 4.90 Å². The van der Waals surface area contributed by atoms with Gasteiger partial charge in [0.15, 0.2) is 6.10 Å². The summed E-state index contributed by atoms with van der Waals surface area (Å²) in [5, 5.41) is -1.08. The van der Waals surface area contributed by atoms with E-state index in [2.05, 4.69) is 0 Å². The normalized spacial score (nSPS) is 17.9. The highest BCUT2D eigenvalue weighted by molar-refractivity contribution is 7.99. The van der Waals surface area contributed by atoms with E-state index in [0.717, 1.165) is 16.0 Å². The van der Waals surface area contributed by atoms with Crippen LogP contribution in [0.2, 0.25) is 0 Å². The van der Waals surface area contributed by atoms with Crippen LogP contribution in [0.3, 0.4) is 0 Å². The molecule has 3 rings (SSSR count). The van der Waals surface area contributed by atoms with Crippen LogP contribution in [0.5, 0.6) is 5.75 Å². The number of likely N-dealkylation sites (N-methyl/N-ethyl adjacent to an activating group) is 1. The lowest BCUT2D eigenvalue weighted by molar-refractivity contribution is -0.152. The van der Waals surface area contributed by atoms with Crippen molar-refractivity contribution in [2.45, 2.75) is 30.1 Å². The summed E-state index contributed by atoms with van der Waals surface area (Å²) in [5.41, 5.74) is 2.60. The lowest BCUT2D eigenvalue weighted by Gasteiger charge is -2.28. The van der Waals surface area contributed by atoms with Gasteiger partial charge < -0.3 is 19.3 Å². The first-order chi connectivity index (χ1) is 15.2. The summed E-state index contributed by atoms with van der Waals surface area (Å²) < 4.78 is 11.0. The minimum Gasteiger partial charge on any atom is -0.497 e. The molecule has 0 N–H and O–H groups in total. The van der Waals surface area contributed by atoms with E-state index in [1.165, 1.54) is 23.6 Å². The highest BCUT2D eigenvalue weighted by Gasteiger charge is 2.41. The third-order valence-electron chi connectivity index (χ3n) is 5.15. The molecule has 9 heteroatoms. The molecule has 2 atom stereocenters. The van der Waals surface area contributed by atoms with Crippen molar-refractivity contribution in [3.8, 4) is 5.75 Å². The van der Waals surface area contributed by atoms with Gasteiger partial charge >= 0.3 is 11.3 Å². The number of carbonyl (C=O) groups excluding carboxylic acids is 3. The highest BCUT2D eigenvalue weighted by atomic mass is 35.5. The van der Waals surface area contributed by atoms with Gasteiger partial charge in [-0.25, -0.2) is 0 Å². The molecule has 0 fully saturated rings. The molecule has 0 saturated heterocycles. The van der Waals surface area contributed by atoms with Crippen molar-refractivity contribution in [2.24, 2.45) is 0 Å². The predicted molar refractivity (Wildman–Crippen MR) is 125 cm³/mol. The second kappa shape index (κ2) is 10.3. The van der Waals surface area contributed by atoms with E-state index in [1.807, 2.05) is 37.3 Å². The molecule has 1 aliphatic heterocycles. The van der Waals surface area contributed by atoms with Crippen LogP contribution in [0.25, 0.3) is 0 Å². The molecule has 0 unspecified atom stereocenters. The molecule has 0 radical (unpaired) electrons. The summed E-state index contributed by atoms with van der Waals surface area (Å²) in [6.45, 7) is 3.67. The number of anilines is 1. The van der Waals surface area contributed by atoms with E-state index < -0.39 is 22.7 Å². The molecule has 7 nitrogen and oxygen atoms in total. The lowest BCUT2D eigenvalue weighted by Crippen LogP contribution is -2.45. The van der Waals surface area contributed by atoms with Gasteiger partial charge in [-0.1, -0.05) is 29.8 Å². The van der Waals surface area contributed by atoms with Gasteiger partial charge in [-0.15, -0.1) is 11.8 Å². The Bertz CT molecular complexity index is 1010. The lowest BCUT2D eigenvalue weighted by atomic mass is 10.0. The largest absolute Gasteiger partial charge is 0.497 e.